The van der Waals surface area contributed by atoms with Crippen molar-refractivity contribution in [1.82, 2.24) is 10.3 Å². The molecule has 13 heavy (non-hydrogen) atoms. The molecule has 0 unspecified atom stereocenters. The van der Waals surface area contributed by atoms with Gasteiger partial charge in [-0.25, -0.2) is 0 Å². The van der Waals surface area contributed by atoms with Crippen LogP contribution in [0.15, 0.2) is 24.3 Å². The van der Waals surface area contributed by atoms with Crippen LogP contribution in [0, 0.1) is 0 Å². The Hall–Kier alpha value is -1.48. The van der Waals surface area contributed by atoms with Gasteiger partial charge in [0, 0.05) is 23.1 Å². The largest absolute Gasteiger partial charge is 0.508 e. The SMILES string of the molecule is CNCc1cc2cc(O)ccc2[nH]1. The van der Waals surface area contributed by atoms with Crippen molar-refractivity contribution in [3.8, 4) is 5.75 Å². The van der Waals surface area contributed by atoms with Gasteiger partial charge in [0.05, 0.1) is 0 Å². The van der Waals surface area contributed by atoms with Gasteiger partial charge >= 0.3 is 0 Å². The zero-order valence-electron chi connectivity index (χ0n) is 7.46. The molecule has 0 saturated heterocycles. The van der Waals surface area contributed by atoms with Crippen molar-refractivity contribution in [1.29, 1.82) is 0 Å². The third kappa shape index (κ3) is 1.51. The molecule has 0 amide bonds. The van der Waals surface area contributed by atoms with Crippen LogP contribution in [0.25, 0.3) is 10.9 Å². The first-order valence-electron chi connectivity index (χ1n) is 4.25. The van der Waals surface area contributed by atoms with Crippen LogP contribution >= 0.6 is 0 Å². The second-order valence-corrected chi connectivity index (χ2v) is 3.10. The minimum absolute atomic E-state index is 0.308. The number of fused-ring (bicyclic) bond motifs is 1. The van der Waals surface area contributed by atoms with Crippen molar-refractivity contribution in [2.24, 2.45) is 0 Å². The van der Waals surface area contributed by atoms with E-state index in [2.05, 4.69) is 10.3 Å². The predicted molar refractivity (Wildman–Crippen MR) is 52.7 cm³/mol. The fourth-order valence-electron chi connectivity index (χ4n) is 1.47. The Labute approximate surface area is 76.4 Å². The van der Waals surface area contributed by atoms with Crippen molar-refractivity contribution >= 4 is 10.9 Å². The summed E-state index contributed by atoms with van der Waals surface area (Å²) >= 11 is 0. The molecule has 0 aliphatic rings. The fourth-order valence-corrected chi connectivity index (χ4v) is 1.47. The number of aromatic hydroxyl groups is 1. The van der Waals surface area contributed by atoms with E-state index in [1.165, 1.54) is 0 Å². The van der Waals surface area contributed by atoms with Gasteiger partial charge in [0.25, 0.3) is 0 Å². The van der Waals surface area contributed by atoms with Crippen molar-refractivity contribution < 1.29 is 5.11 Å². The van der Waals surface area contributed by atoms with Gasteiger partial charge in [-0.1, -0.05) is 0 Å². The van der Waals surface area contributed by atoms with Crippen LogP contribution in [-0.4, -0.2) is 17.1 Å². The Bertz CT molecular complexity index is 420. The summed E-state index contributed by atoms with van der Waals surface area (Å²) in [7, 11) is 1.91. The summed E-state index contributed by atoms with van der Waals surface area (Å²) in [5, 5.41) is 13.4. The molecule has 0 bridgehead atoms. The molecular formula is C10H12N2O. The first-order valence-corrected chi connectivity index (χ1v) is 4.25. The van der Waals surface area contributed by atoms with Gasteiger partial charge in [-0.15, -0.1) is 0 Å². The van der Waals surface area contributed by atoms with E-state index in [0.717, 1.165) is 23.1 Å². The lowest BCUT2D eigenvalue weighted by Gasteiger charge is -1.92. The molecule has 0 fully saturated rings. The van der Waals surface area contributed by atoms with Crippen LogP contribution in [0.3, 0.4) is 0 Å². The fraction of sp³-hybridized carbons (Fsp3) is 0.200. The van der Waals surface area contributed by atoms with E-state index in [1.54, 1.807) is 12.1 Å². The quantitative estimate of drug-likeness (QED) is 0.650. The van der Waals surface area contributed by atoms with E-state index in [1.807, 2.05) is 19.2 Å². The Kier molecular flexibility index (Phi) is 1.94. The Morgan fingerprint density at radius 2 is 2.23 bits per heavy atom. The van der Waals surface area contributed by atoms with E-state index in [-0.39, 0.29) is 0 Å². The summed E-state index contributed by atoms with van der Waals surface area (Å²) in [6.07, 6.45) is 0. The van der Waals surface area contributed by atoms with Crippen molar-refractivity contribution in [3.63, 3.8) is 0 Å². The van der Waals surface area contributed by atoms with Gasteiger partial charge in [-0.3, -0.25) is 0 Å². The molecule has 2 rings (SSSR count). The zero-order valence-corrected chi connectivity index (χ0v) is 7.46. The van der Waals surface area contributed by atoms with Gasteiger partial charge in [0.1, 0.15) is 5.75 Å². The molecule has 3 nitrogen and oxygen atoms in total. The van der Waals surface area contributed by atoms with Gasteiger partial charge in [-0.05, 0) is 31.3 Å². The number of H-pyrrole nitrogens is 1. The van der Waals surface area contributed by atoms with Crippen LogP contribution < -0.4 is 5.32 Å². The van der Waals surface area contributed by atoms with Crippen molar-refractivity contribution in [2.45, 2.75) is 6.54 Å². The smallest absolute Gasteiger partial charge is 0.116 e. The molecule has 1 heterocycles. The van der Waals surface area contributed by atoms with Gasteiger partial charge in [-0.2, -0.15) is 0 Å². The molecule has 0 atom stereocenters. The number of hydrogen-bond acceptors (Lipinski definition) is 2. The summed E-state index contributed by atoms with van der Waals surface area (Å²) in [5.74, 6) is 0.308. The Morgan fingerprint density at radius 1 is 1.38 bits per heavy atom. The first-order chi connectivity index (χ1) is 6.29. The molecule has 0 saturated carbocycles. The molecule has 3 heteroatoms. The van der Waals surface area contributed by atoms with Crippen LogP contribution in [0.1, 0.15) is 5.69 Å². The highest BCUT2D eigenvalue weighted by atomic mass is 16.3. The number of nitrogens with one attached hydrogen (secondary N) is 2. The Balaban J connectivity index is 2.49. The van der Waals surface area contributed by atoms with E-state index in [9.17, 15) is 5.11 Å². The van der Waals surface area contributed by atoms with Gasteiger partial charge in [0.15, 0.2) is 0 Å². The van der Waals surface area contributed by atoms with Crippen LogP contribution in [0.2, 0.25) is 0 Å². The maximum Gasteiger partial charge on any atom is 0.116 e. The molecule has 0 radical (unpaired) electrons. The highest BCUT2D eigenvalue weighted by Crippen LogP contribution is 2.20. The molecule has 0 aliphatic carbocycles. The number of benzene rings is 1. The number of phenols is 1. The summed E-state index contributed by atoms with van der Waals surface area (Å²) in [4.78, 5) is 3.25. The number of aromatic amines is 1. The summed E-state index contributed by atoms with van der Waals surface area (Å²) in [5.41, 5.74) is 2.19. The minimum Gasteiger partial charge on any atom is -0.508 e. The topological polar surface area (TPSA) is 48.0 Å². The highest BCUT2D eigenvalue weighted by molar-refractivity contribution is 5.81. The van der Waals surface area contributed by atoms with Crippen molar-refractivity contribution in [2.75, 3.05) is 7.05 Å². The van der Waals surface area contributed by atoms with Crippen LogP contribution in [0.5, 0.6) is 5.75 Å². The van der Waals surface area contributed by atoms with Crippen LogP contribution in [-0.2, 0) is 6.54 Å². The molecule has 68 valence electrons. The number of aromatic nitrogens is 1. The standard InChI is InChI=1S/C10H12N2O/c1-11-6-8-4-7-5-9(13)2-3-10(7)12-8/h2-5,11-13H,6H2,1H3. The van der Waals surface area contributed by atoms with Crippen LogP contribution in [0.4, 0.5) is 0 Å². The first kappa shape index (κ1) is 8.13. The van der Waals surface area contributed by atoms with Gasteiger partial charge in [0.2, 0.25) is 0 Å². The third-order valence-corrected chi connectivity index (χ3v) is 2.03. The second-order valence-electron chi connectivity index (χ2n) is 3.10. The minimum atomic E-state index is 0.308. The predicted octanol–water partition coefficient (Wildman–Crippen LogP) is 1.59. The lowest BCUT2D eigenvalue weighted by Crippen LogP contribution is -2.04. The molecule has 3 N–H and O–H groups in total. The third-order valence-electron chi connectivity index (χ3n) is 2.03. The maximum absolute atomic E-state index is 9.24. The van der Waals surface area contributed by atoms with Crippen molar-refractivity contribution in [3.05, 3.63) is 30.0 Å². The normalized spacial score (nSPS) is 10.8. The highest BCUT2D eigenvalue weighted by Gasteiger charge is 1.99. The lowest BCUT2D eigenvalue weighted by atomic mass is 10.2. The van der Waals surface area contributed by atoms with E-state index >= 15 is 0 Å². The molecule has 0 aliphatic heterocycles. The second kappa shape index (κ2) is 3.11. The molecular weight excluding hydrogens is 164 g/mol. The molecule has 1 aromatic heterocycles. The van der Waals surface area contributed by atoms with E-state index in [0.29, 0.717) is 5.75 Å². The number of rotatable bonds is 2. The summed E-state index contributed by atoms with van der Waals surface area (Å²) in [6.45, 7) is 0.815. The summed E-state index contributed by atoms with van der Waals surface area (Å²) < 4.78 is 0. The average molecular weight is 176 g/mol. The van der Waals surface area contributed by atoms with Gasteiger partial charge < -0.3 is 15.4 Å². The summed E-state index contributed by atoms with van der Waals surface area (Å²) in [6, 6.07) is 7.35. The monoisotopic (exact) mass is 176 g/mol. The Morgan fingerprint density at radius 3 is 3.00 bits per heavy atom. The average Bonchev–Trinajstić information content (AvgIpc) is 2.46. The maximum atomic E-state index is 9.24. The number of hydrogen-bond donors (Lipinski definition) is 3. The molecule has 1 aromatic carbocycles. The molecule has 0 spiro atoms. The number of phenolic OH excluding ortho intramolecular Hbond substituents is 1. The lowest BCUT2D eigenvalue weighted by molar-refractivity contribution is 0.476. The van der Waals surface area contributed by atoms with E-state index < -0.39 is 0 Å². The molecule has 2 aromatic rings. The van der Waals surface area contributed by atoms with E-state index in [4.69, 9.17) is 0 Å². The zero-order chi connectivity index (χ0) is 9.26.